The lowest BCUT2D eigenvalue weighted by Crippen LogP contribution is -2.52. The van der Waals surface area contributed by atoms with Crippen LogP contribution in [0.3, 0.4) is 0 Å². The standard InChI is InChI=1S/C19H33N3O2.2ClH/c23-19(13-15-11-16-4-5-17(12-15)20-16)22-6-2-1-3-18(22)14-21-7-9-24-10-8-21;;/h15-18,20H,1-14H2;2*1H. The number of carbonyl (C=O) groups is 1. The molecule has 4 aliphatic heterocycles. The first-order chi connectivity index (χ1) is 11.8. The molecule has 0 aromatic carbocycles. The van der Waals surface area contributed by atoms with Gasteiger partial charge in [0.1, 0.15) is 0 Å². The van der Waals surface area contributed by atoms with E-state index in [0.29, 0.717) is 30.0 Å². The van der Waals surface area contributed by atoms with Crippen molar-refractivity contribution in [1.82, 2.24) is 15.1 Å². The van der Waals surface area contributed by atoms with Crippen molar-refractivity contribution < 1.29 is 9.53 Å². The van der Waals surface area contributed by atoms with Crippen molar-refractivity contribution in [3.8, 4) is 0 Å². The van der Waals surface area contributed by atoms with E-state index in [9.17, 15) is 4.79 Å². The molecular formula is C19H35Cl2N3O2. The van der Waals surface area contributed by atoms with Crippen molar-refractivity contribution in [3.63, 3.8) is 0 Å². The van der Waals surface area contributed by atoms with Crippen LogP contribution in [0.2, 0.25) is 0 Å². The molecule has 4 heterocycles. The molecule has 0 saturated carbocycles. The number of morpholine rings is 1. The molecule has 0 radical (unpaired) electrons. The van der Waals surface area contributed by atoms with Crippen LogP contribution in [0.5, 0.6) is 0 Å². The van der Waals surface area contributed by atoms with Gasteiger partial charge in [-0.2, -0.15) is 0 Å². The third-order valence-corrected chi connectivity index (χ3v) is 6.55. The second-order valence-corrected chi connectivity index (χ2v) is 8.33. The van der Waals surface area contributed by atoms with Gasteiger partial charge in [-0.1, -0.05) is 0 Å². The van der Waals surface area contributed by atoms with Gasteiger partial charge in [0.25, 0.3) is 0 Å². The van der Waals surface area contributed by atoms with Gasteiger partial charge in [-0.15, -0.1) is 24.8 Å². The second kappa shape index (κ2) is 10.5. The smallest absolute Gasteiger partial charge is 0.223 e. The molecule has 0 spiro atoms. The summed E-state index contributed by atoms with van der Waals surface area (Å²) >= 11 is 0. The van der Waals surface area contributed by atoms with Crippen LogP contribution in [-0.2, 0) is 9.53 Å². The van der Waals surface area contributed by atoms with Gasteiger partial charge in [-0.3, -0.25) is 9.69 Å². The summed E-state index contributed by atoms with van der Waals surface area (Å²) in [7, 11) is 0. The van der Waals surface area contributed by atoms with Crippen molar-refractivity contribution in [2.45, 2.75) is 69.5 Å². The van der Waals surface area contributed by atoms with Crippen LogP contribution in [0, 0.1) is 5.92 Å². The van der Waals surface area contributed by atoms with Crippen LogP contribution in [0.25, 0.3) is 0 Å². The largest absolute Gasteiger partial charge is 0.379 e. The maximum absolute atomic E-state index is 13.0. The summed E-state index contributed by atoms with van der Waals surface area (Å²) in [6.45, 7) is 5.77. The van der Waals surface area contributed by atoms with E-state index in [1.54, 1.807) is 0 Å². The second-order valence-electron chi connectivity index (χ2n) is 8.33. The van der Waals surface area contributed by atoms with Crippen molar-refractivity contribution in [2.75, 3.05) is 39.4 Å². The molecule has 2 bridgehead atoms. The minimum absolute atomic E-state index is 0. The number of piperidine rings is 2. The fourth-order valence-electron chi connectivity index (χ4n) is 5.31. The highest BCUT2D eigenvalue weighted by atomic mass is 35.5. The third-order valence-electron chi connectivity index (χ3n) is 6.55. The summed E-state index contributed by atoms with van der Waals surface area (Å²) < 4.78 is 5.46. The van der Waals surface area contributed by atoms with Gasteiger partial charge in [0.05, 0.1) is 13.2 Å². The highest BCUT2D eigenvalue weighted by Gasteiger charge is 2.36. The number of hydrogen-bond acceptors (Lipinski definition) is 4. The maximum atomic E-state index is 13.0. The van der Waals surface area contributed by atoms with Gasteiger partial charge >= 0.3 is 0 Å². The molecule has 0 aliphatic carbocycles. The van der Waals surface area contributed by atoms with Gasteiger partial charge in [-0.05, 0) is 50.9 Å². The minimum atomic E-state index is 0. The third kappa shape index (κ3) is 5.48. The molecule has 4 aliphatic rings. The Kier molecular flexibility index (Phi) is 8.95. The Morgan fingerprint density at radius 1 is 0.962 bits per heavy atom. The van der Waals surface area contributed by atoms with E-state index in [1.165, 1.54) is 44.9 Å². The van der Waals surface area contributed by atoms with Crippen LogP contribution >= 0.6 is 24.8 Å². The summed E-state index contributed by atoms with van der Waals surface area (Å²) in [6, 6.07) is 1.81. The lowest BCUT2D eigenvalue weighted by molar-refractivity contribution is -0.137. The van der Waals surface area contributed by atoms with Crippen LogP contribution in [-0.4, -0.2) is 73.2 Å². The zero-order valence-corrected chi connectivity index (χ0v) is 17.4. The molecule has 0 aromatic heterocycles. The molecule has 1 N–H and O–H groups in total. The predicted octanol–water partition coefficient (Wildman–Crippen LogP) is 2.46. The normalized spacial score (nSPS) is 34.7. The van der Waals surface area contributed by atoms with Gasteiger partial charge < -0.3 is 15.0 Å². The zero-order valence-electron chi connectivity index (χ0n) is 15.7. The Bertz CT molecular complexity index is 437. The Labute approximate surface area is 170 Å². The van der Waals surface area contributed by atoms with Crippen LogP contribution in [0.1, 0.15) is 51.4 Å². The van der Waals surface area contributed by atoms with E-state index < -0.39 is 0 Å². The number of carbonyl (C=O) groups excluding carboxylic acids is 1. The van der Waals surface area contributed by atoms with Gasteiger partial charge in [0.2, 0.25) is 5.91 Å². The van der Waals surface area contributed by atoms with E-state index in [2.05, 4.69) is 15.1 Å². The van der Waals surface area contributed by atoms with Gasteiger partial charge in [0, 0.05) is 50.7 Å². The topological polar surface area (TPSA) is 44.8 Å². The van der Waals surface area contributed by atoms with Gasteiger partial charge in [-0.25, -0.2) is 0 Å². The first-order valence-electron chi connectivity index (χ1n) is 10.1. The molecular weight excluding hydrogens is 373 g/mol. The lowest BCUT2D eigenvalue weighted by Gasteiger charge is -2.40. The van der Waals surface area contributed by atoms with Crippen LogP contribution < -0.4 is 5.32 Å². The van der Waals surface area contributed by atoms with Crippen molar-refractivity contribution in [2.24, 2.45) is 5.92 Å². The van der Waals surface area contributed by atoms with Gasteiger partial charge in [0.15, 0.2) is 0 Å². The molecule has 5 nitrogen and oxygen atoms in total. The van der Waals surface area contributed by atoms with Crippen LogP contribution in [0.4, 0.5) is 0 Å². The molecule has 0 aromatic rings. The summed E-state index contributed by atoms with van der Waals surface area (Å²) in [5.41, 5.74) is 0. The minimum Gasteiger partial charge on any atom is -0.379 e. The Morgan fingerprint density at radius 2 is 1.65 bits per heavy atom. The molecule has 3 atom stereocenters. The lowest BCUT2D eigenvalue weighted by atomic mass is 9.88. The number of amides is 1. The highest BCUT2D eigenvalue weighted by molar-refractivity contribution is 5.85. The van der Waals surface area contributed by atoms with Crippen molar-refractivity contribution >= 4 is 30.7 Å². The molecule has 26 heavy (non-hydrogen) atoms. The van der Waals surface area contributed by atoms with Crippen molar-refractivity contribution in [1.29, 1.82) is 0 Å². The monoisotopic (exact) mass is 407 g/mol. The zero-order chi connectivity index (χ0) is 16.4. The number of fused-ring (bicyclic) bond motifs is 2. The number of ether oxygens (including phenoxy) is 1. The number of hydrogen-bond donors (Lipinski definition) is 1. The molecule has 4 saturated heterocycles. The summed E-state index contributed by atoms with van der Waals surface area (Å²) in [4.78, 5) is 17.7. The highest BCUT2D eigenvalue weighted by Crippen LogP contribution is 2.33. The van der Waals surface area contributed by atoms with E-state index in [1.807, 2.05) is 0 Å². The molecule has 4 rings (SSSR count). The fraction of sp³-hybridized carbons (Fsp3) is 0.947. The molecule has 4 fully saturated rings. The molecule has 152 valence electrons. The molecule has 3 unspecified atom stereocenters. The first-order valence-corrected chi connectivity index (χ1v) is 10.1. The van der Waals surface area contributed by atoms with Crippen molar-refractivity contribution in [3.05, 3.63) is 0 Å². The predicted molar refractivity (Wildman–Crippen MR) is 108 cm³/mol. The summed E-state index contributed by atoms with van der Waals surface area (Å²) in [6.07, 6.45) is 9.49. The SMILES string of the molecule is Cl.Cl.O=C(CC1CC2CCC(C1)N2)N1CCCCC1CN1CCOCC1. The fourth-order valence-corrected chi connectivity index (χ4v) is 5.31. The van der Waals surface area contributed by atoms with E-state index in [4.69, 9.17) is 4.74 Å². The van der Waals surface area contributed by atoms with E-state index in [0.717, 1.165) is 45.8 Å². The summed E-state index contributed by atoms with van der Waals surface area (Å²) in [5.74, 6) is 1.04. The Balaban J connectivity index is 0.00000121. The van der Waals surface area contributed by atoms with E-state index >= 15 is 0 Å². The number of halogens is 2. The number of nitrogens with one attached hydrogen (secondary N) is 1. The average Bonchev–Trinajstić information content (AvgIpc) is 2.95. The molecule has 1 amide bonds. The Morgan fingerprint density at radius 3 is 2.35 bits per heavy atom. The molecule has 7 heteroatoms. The number of rotatable bonds is 4. The van der Waals surface area contributed by atoms with E-state index in [-0.39, 0.29) is 24.8 Å². The maximum Gasteiger partial charge on any atom is 0.223 e. The summed E-state index contributed by atoms with van der Waals surface area (Å²) in [5, 5.41) is 3.69. The first kappa shape index (κ1) is 22.2. The average molecular weight is 408 g/mol. The number of nitrogens with zero attached hydrogens (tertiary/aromatic N) is 2. The Hall–Kier alpha value is -0.0700. The van der Waals surface area contributed by atoms with Crippen LogP contribution in [0.15, 0.2) is 0 Å². The quantitative estimate of drug-likeness (QED) is 0.776. The number of likely N-dealkylation sites (tertiary alicyclic amines) is 1.